The molecule has 0 aliphatic heterocycles. The molecule has 0 spiro atoms. The molecule has 1 nitrogen and oxygen atoms in total. The minimum Gasteiger partial charge on any atom is -0.381 e. The molecule has 16 heavy (non-hydrogen) atoms. The molecular weight excluding hydrogens is 239 g/mol. The first-order chi connectivity index (χ1) is 7.29. The Morgan fingerprint density at radius 1 is 1.38 bits per heavy atom. The first-order valence-electron chi connectivity index (χ1n) is 4.55. The summed E-state index contributed by atoms with van der Waals surface area (Å²) in [4.78, 5) is 0. The maximum atomic E-state index is 12.4. The van der Waals surface area contributed by atoms with Crippen molar-refractivity contribution in [2.45, 2.75) is 13.1 Å². The van der Waals surface area contributed by atoms with Crippen molar-refractivity contribution in [2.24, 2.45) is 0 Å². The predicted octanol–water partition coefficient (Wildman–Crippen LogP) is 4.35. The number of alkyl halides is 3. The lowest BCUT2D eigenvalue weighted by molar-refractivity contribution is -0.137. The lowest BCUT2D eigenvalue weighted by atomic mass is 10.2. The van der Waals surface area contributed by atoms with E-state index in [2.05, 4.69) is 11.9 Å². The summed E-state index contributed by atoms with van der Waals surface area (Å²) >= 11 is 5.61. The van der Waals surface area contributed by atoms with Crippen LogP contribution >= 0.6 is 11.6 Å². The fraction of sp³-hybridized carbons (Fsp3) is 0.273. The van der Waals surface area contributed by atoms with E-state index in [1.54, 1.807) is 6.92 Å². The van der Waals surface area contributed by atoms with Crippen molar-refractivity contribution >= 4 is 17.3 Å². The maximum absolute atomic E-state index is 12.4. The van der Waals surface area contributed by atoms with Crippen LogP contribution in [-0.2, 0) is 6.18 Å². The molecule has 5 heteroatoms. The smallest absolute Gasteiger partial charge is 0.381 e. The second-order valence-electron chi connectivity index (χ2n) is 3.54. The van der Waals surface area contributed by atoms with Crippen LogP contribution in [0.3, 0.4) is 0 Å². The van der Waals surface area contributed by atoms with Gasteiger partial charge in [-0.3, -0.25) is 0 Å². The summed E-state index contributed by atoms with van der Waals surface area (Å²) < 4.78 is 37.3. The number of nitrogens with one attached hydrogen (secondary N) is 1. The number of hydrogen-bond acceptors (Lipinski definition) is 1. The van der Waals surface area contributed by atoms with E-state index in [1.165, 1.54) is 6.07 Å². The zero-order chi connectivity index (χ0) is 12.3. The topological polar surface area (TPSA) is 12.0 Å². The van der Waals surface area contributed by atoms with Crippen LogP contribution in [0, 0.1) is 0 Å². The van der Waals surface area contributed by atoms with Crippen LogP contribution in [-0.4, -0.2) is 6.54 Å². The van der Waals surface area contributed by atoms with Gasteiger partial charge in [0.1, 0.15) is 0 Å². The highest BCUT2D eigenvalue weighted by molar-refractivity contribution is 6.30. The molecule has 0 unspecified atom stereocenters. The Morgan fingerprint density at radius 2 is 2.00 bits per heavy atom. The van der Waals surface area contributed by atoms with Gasteiger partial charge in [0.25, 0.3) is 0 Å². The number of rotatable bonds is 3. The summed E-state index contributed by atoms with van der Waals surface area (Å²) in [5.41, 5.74) is 0.403. The minimum atomic E-state index is -4.38. The standard InChI is InChI=1S/C11H11ClF3N/c1-7(2)6-16-10-4-8(11(13,14)15)3-9(12)5-10/h3-5,16H,1,6H2,2H3. The quantitative estimate of drug-likeness (QED) is 0.786. The predicted molar refractivity (Wildman–Crippen MR) is 59.8 cm³/mol. The van der Waals surface area contributed by atoms with Crippen molar-refractivity contribution in [3.05, 3.63) is 40.9 Å². The highest BCUT2D eigenvalue weighted by Crippen LogP contribution is 2.33. The van der Waals surface area contributed by atoms with Crippen molar-refractivity contribution in [3.8, 4) is 0 Å². The molecule has 1 N–H and O–H groups in total. The Morgan fingerprint density at radius 3 is 2.50 bits per heavy atom. The van der Waals surface area contributed by atoms with E-state index < -0.39 is 11.7 Å². The van der Waals surface area contributed by atoms with Crippen molar-refractivity contribution in [2.75, 3.05) is 11.9 Å². The fourth-order valence-corrected chi connectivity index (χ4v) is 1.34. The molecule has 0 saturated heterocycles. The molecule has 0 heterocycles. The van der Waals surface area contributed by atoms with E-state index >= 15 is 0 Å². The van der Waals surface area contributed by atoms with Crippen LogP contribution in [0.1, 0.15) is 12.5 Å². The van der Waals surface area contributed by atoms with Crippen molar-refractivity contribution in [1.82, 2.24) is 0 Å². The normalized spacial score (nSPS) is 11.3. The third kappa shape index (κ3) is 3.77. The largest absolute Gasteiger partial charge is 0.416 e. The lowest BCUT2D eigenvalue weighted by Crippen LogP contribution is -2.07. The van der Waals surface area contributed by atoms with E-state index in [0.717, 1.165) is 17.7 Å². The zero-order valence-electron chi connectivity index (χ0n) is 8.66. The van der Waals surface area contributed by atoms with Gasteiger partial charge in [0.05, 0.1) is 5.56 Å². The molecule has 0 radical (unpaired) electrons. The Labute approximate surface area is 96.9 Å². The van der Waals surface area contributed by atoms with Crippen molar-refractivity contribution in [3.63, 3.8) is 0 Å². The van der Waals surface area contributed by atoms with Crippen molar-refractivity contribution in [1.29, 1.82) is 0 Å². The average Bonchev–Trinajstić information content (AvgIpc) is 2.12. The Bertz CT molecular complexity index is 399. The van der Waals surface area contributed by atoms with Crippen LogP contribution < -0.4 is 5.32 Å². The molecular formula is C11H11ClF3N. The van der Waals surface area contributed by atoms with Gasteiger partial charge in [0.15, 0.2) is 0 Å². The summed E-state index contributed by atoms with van der Waals surface area (Å²) in [7, 11) is 0. The van der Waals surface area contributed by atoms with Gasteiger partial charge in [-0.2, -0.15) is 13.2 Å². The van der Waals surface area contributed by atoms with Gasteiger partial charge < -0.3 is 5.32 Å². The fourth-order valence-electron chi connectivity index (χ4n) is 1.11. The number of anilines is 1. The van der Waals surface area contributed by atoms with Crippen LogP contribution in [0.25, 0.3) is 0 Å². The summed E-state index contributed by atoms with van der Waals surface area (Å²) in [6, 6.07) is 3.36. The molecule has 1 aromatic carbocycles. The third-order valence-electron chi connectivity index (χ3n) is 1.82. The van der Waals surface area contributed by atoms with Crippen LogP contribution in [0.5, 0.6) is 0 Å². The summed E-state index contributed by atoms with van der Waals surface area (Å²) in [5, 5.41) is 2.87. The molecule has 0 aliphatic carbocycles. The van der Waals surface area contributed by atoms with E-state index in [9.17, 15) is 13.2 Å². The van der Waals surface area contributed by atoms with Gasteiger partial charge in [-0.25, -0.2) is 0 Å². The summed E-state index contributed by atoms with van der Waals surface area (Å²) in [5.74, 6) is 0. The van der Waals surface area contributed by atoms with E-state index in [1.807, 2.05) is 0 Å². The third-order valence-corrected chi connectivity index (χ3v) is 2.04. The van der Waals surface area contributed by atoms with E-state index in [-0.39, 0.29) is 5.02 Å². The number of hydrogen-bond donors (Lipinski definition) is 1. The summed E-state index contributed by atoms with van der Waals surface area (Å²) in [6.07, 6.45) is -4.38. The average molecular weight is 250 g/mol. The molecule has 0 bridgehead atoms. The van der Waals surface area contributed by atoms with Crippen molar-refractivity contribution < 1.29 is 13.2 Å². The van der Waals surface area contributed by atoms with Gasteiger partial charge in [0, 0.05) is 17.3 Å². The molecule has 88 valence electrons. The molecule has 0 saturated carbocycles. The van der Waals surface area contributed by atoms with Crippen LogP contribution in [0.4, 0.5) is 18.9 Å². The first-order valence-corrected chi connectivity index (χ1v) is 4.93. The second kappa shape index (κ2) is 4.78. The van der Waals surface area contributed by atoms with Gasteiger partial charge in [-0.05, 0) is 25.1 Å². The summed E-state index contributed by atoms with van der Waals surface area (Å²) in [6.45, 7) is 5.84. The van der Waals surface area contributed by atoms with Crippen LogP contribution in [0.15, 0.2) is 30.4 Å². The minimum absolute atomic E-state index is 0.0547. The Kier molecular flexibility index (Phi) is 3.86. The van der Waals surface area contributed by atoms with Gasteiger partial charge >= 0.3 is 6.18 Å². The van der Waals surface area contributed by atoms with E-state index in [0.29, 0.717) is 12.2 Å². The van der Waals surface area contributed by atoms with Gasteiger partial charge in [-0.1, -0.05) is 23.8 Å². The second-order valence-corrected chi connectivity index (χ2v) is 3.97. The SMILES string of the molecule is C=C(C)CNc1cc(Cl)cc(C(F)(F)F)c1. The highest BCUT2D eigenvalue weighted by atomic mass is 35.5. The molecule has 1 rings (SSSR count). The lowest BCUT2D eigenvalue weighted by Gasteiger charge is -2.11. The zero-order valence-corrected chi connectivity index (χ0v) is 9.41. The van der Waals surface area contributed by atoms with Gasteiger partial charge in [-0.15, -0.1) is 0 Å². The molecule has 0 aromatic heterocycles. The molecule has 0 atom stereocenters. The number of halogens is 4. The highest BCUT2D eigenvalue weighted by Gasteiger charge is 2.31. The molecule has 0 aliphatic rings. The molecule has 1 aromatic rings. The maximum Gasteiger partial charge on any atom is 0.416 e. The molecule has 0 fully saturated rings. The van der Waals surface area contributed by atoms with Crippen LogP contribution in [0.2, 0.25) is 5.02 Å². The van der Waals surface area contributed by atoms with E-state index in [4.69, 9.17) is 11.6 Å². The number of benzene rings is 1. The molecule has 0 amide bonds. The monoisotopic (exact) mass is 249 g/mol. The Hall–Kier alpha value is -1.16. The first kappa shape index (κ1) is 12.9. The Balaban J connectivity index is 2.94. The van der Waals surface area contributed by atoms with Gasteiger partial charge in [0.2, 0.25) is 0 Å².